The molecule has 1 N–H and O–H groups in total. The molecule has 0 unspecified atom stereocenters. The minimum absolute atomic E-state index is 0.0778. The number of anilines is 1. The fourth-order valence-corrected chi connectivity index (χ4v) is 2.67. The van der Waals surface area contributed by atoms with Crippen molar-refractivity contribution in [3.05, 3.63) is 65.2 Å². The standard InChI is InChI=1S/C20H21FN4O2/c1-12(2)27-17-9-10-18(13(3)11-17)22-20(26)19-14(4)25(24-23-19)16-7-5-15(21)6-8-16/h5-12H,1-4H3,(H,22,26). The number of nitrogens with one attached hydrogen (secondary N) is 1. The Hall–Kier alpha value is -3.22. The minimum Gasteiger partial charge on any atom is -0.491 e. The number of hydrogen-bond acceptors (Lipinski definition) is 4. The van der Waals surface area contributed by atoms with Crippen LogP contribution in [0.1, 0.15) is 35.6 Å². The largest absolute Gasteiger partial charge is 0.491 e. The number of carbonyl (C=O) groups is 1. The van der Waals surface area contributed by atoms with Crippen molar-refractivity contribution in [2.24, 2.45) is 0 Å². The Labute approximate surface area is 157 Å². The lowest BCUT2D eigenvalue weighted by molar-refractivity contribution is 0.102. The third-order valence-electron chi connectivity index (χ3n) is 4.00. The number of nitrogens with zero attached hydrogens (tertiary/aromatic N) is 3. The van der Waals surface area contributed by atoms with E-state index in [0.29, 0.717) is 17.1 Å². The zero-order valence-corrected chi connectivity index (χ0v) is 15.7. The lowest BCUT2D eigenvalue weighted by Crippen LogP contribution is -2.15. The van der Waals surface area contributed by atoms with Gasteiger partial charge in [-0.1, -0.05) is 5.21 Å². The van der Waals surface area contributed by atoms with Crippen molar-refractivity contribution in [2.75, 3.05) is 5.32 Å². The van der Waals surface area contributed by atoms with Gasteiger partial charge < -0.3 is 10.1 Å². The number of rotatable bonds is 5. The molecule has 27 heavy (non-hydrogen) atoms. The Balaban J connectivity index is 1.80. The molecule has 7 heteroatoms. The van der Waals surface area contributed by atoms with Gasteiger partial charge >= 0.3 is 0 Å². The first-order valence-corrected chi connectivity index (χ1v) is 8.62. The average Bonchev–Trinajstić information content (AvgIpc) is 2.99. The van der Waals surface area contributed by atoms with E-state index in [0.717, 1.165) is 11.3 Å². The van der Waals surface area contributed by atoms with Crippen LogP contribution < -0.4 is 10.1 Å². The van der Waals surface area contributed by atoms with Crippen molar-refractivity contribution in [2.45, 2.75) is 33.8 Å². The number of benzene rings is 2. The molecule has 3 rings (SSSR count). The smallest absolute Gasteiger partial charge is 0.278 e. The zero-order chi connectivity index (χ0) is 19.6. The number of aromatic nitrogens is 3. The second-order valence-corrected chi connectivity index (χ2v) is 6.51. The highest BCUT2D eigenvalue weighted by Gasteiger charge is 2.18. The SMILES string of the molecule is Cc1cc(OC(C)C)ccc1NC(=O)c1nnn(-c2ccc(F)cc2)c1C. The summed E-state index contributed by atoms with van der Waals surface area (Å²) >= 11 is 0. The van der Waals surface area contributed by atoms with Gasteiger partial charge in [0.05, 0.1) is 17.5 Å². The Morgan fingerprint density at radius 3 is 2.48 bits per heavy atom. The molecule has 0 saturated carbocycles. The van der Waals surface area contributed by atoms with Crippen LogP contribution in [0.5, 0.6) is 5.75 Å². The van der Waals surface area contributed by atoms with Crippen molar-refractivity contribution in [1.82, 2.24) is 15.0 Å². The van der Waals surface area contributed by atoms with E-state index in [1.807, 2.05) is 32.9 Å². The van der Waals surface area contributed by atoms with Crippen LogP contribution in [0.4, 0.5) is 10.1 Å². The average molecular weight is 368 g/mol. The molecule has 0 spiro atoms. The van der Waals surface area contributed by atoms with Gasteiger partial charge in [-0.05, 0) is 75.7 Å². The maximum absolute atomic E-state index is 13.1. The fraction of sp³-hybridized carbons (Fsp3) is 0.250. The quantitative estimate of drug-likeness (QED) is 0.737. The Morgan fingerprint density at radius 2 is 1.85 bits per heavy atom. The molecule has 0 atom stereocenters. The molecule has 0 bridgehead atoms. The molecule has 1 heterocycles. The zero-order valence-electron chi connectivity index (χ0n) is 15.7. The molecule has 1 amide bonds. The topological polar surface area (TPSA) is 69.0 Å². The molecular formula is C20H21FN4O2. The molecular weight excluding hydrogens is 347 g/mol. The van der Waals surface area contributed by atoms with Crippen molar-refractivity contribution in [3.63, 3.8) is 0 Å². The van der Waals surface area contributed by atoms with Gasteiger partial charge in [-0.3, -0.25) is 4.79 Å². The van der Waals surface area contributed by atoms with Crippen molar-refractivity contribution >= 4 is 11.6 Å². The third-order valence-corrected chi connectivity index (χ3v) is 4.00. The van der Waals surface area contributed by atoms with Crippen LogP contribution in [0.15, 0.2) is 42.5 Å². The summed E-state index contributed by atoms with van der Waals surface area (Å²) in [6.45, 7) is 7.55. The summed E-state index contributed by atoms with van der Waals surface area (Å²) in [5.41, 5.74) is 2.96. The summed E-state index contributed by atoms with van der Waals surface area (Å²) in [5.74, 6) is 0.0512. The molecule has 0 aliphatic carbocycles. The molecule has 0 aliphatic rings. The van der Waals surface area contributed by atoms with Crippen molar-refractivity contribution < 1.29 is 13.9 Å². The number of hydrogen-bond donors (Lipinski definition) is 1. The van der Waals surface area contributed by atoms with E-state index in [9.17, 15) is 9.18 Å². The van der Waals surface area contributed by atoms with Crippen LogP contribution in [0.2, 0.25) is 0 Å². The van der Waals surface area contributed by atoms with Crippen LogP contribution >= 0.6 is 0 Å². The van der Waals surface area contributed by atoms with Crippen molar-refractivity contribution in [3.8, 4) is 11.4 Å². The summed E-state index contributed by atoms with van der Waals surface area (Å²) in [6.07, 6.45) is 0.0778. The van der Waals surface area contributed by atoms with E-state index in [-0.39, 0.29) is 23.5 Å². The number of aryl methyl sites for hydroxylation is 1. The highest BCUT2D eigenvalue weighted by molar-refractivity contribution is 6.04. The normalized spacial score (nSPS) is 10.9. The van der Waals surface area contributed by atoms with E-state index >= 15 is 0 Å². The molecule has 6 nitrogen and oxygen atoms in total. The van der Waals surface area contributed by atoms with Gasteiger partial charge in [0.15, 0.2) is 5.69 Å². The summed E-state index contributed by atoms with van der Waals surface area (Å²) in [7, 11) is 0. The third kappa shape index (κ3) is 4.13. The van der Waals surface area contributed by atoms with Crippen LogP contribution in [-0.4, -0.2) is 27.0 Å². The lowest BCUT2D eigenvalue weighted by atomic mass is 10.2. The fourth-order valence-electron chi connectivity index (χ4n) is 2.67. The molecule has 2 aromatic carbocycles. The highest BCUT2D eigenvalue weighted by atomic mass is 19.1. The first-order chi connectivity index (χ1) is 12.8. The van der Waals surface area contributed by atoms with E-state index < -0.39 is 0 Å². The summed E-state index contributed by atoms with van der Waals surface area (Å²) in [5, 5.41) is 10.8. The number of halogens is 1. The van der Waals surface area contributed by atoms with Crippen LogP contribution in [-0.2, 0) is 0 Å². The van der Waals surface area contributed by atoms with Crippen LogP contribution in [0.3, 0.4) is 0 Å². The highest BCUT2D eigenvalue weighted by Crippen LogP contribution is 2.23. The molecule has 0 aliphatic heterocycles. The van der Waals surface area contributed by atoms with E-state index in [1.54, 1.807) is 25.1 Å². The van der Waals surface area contributed by atoms with Gasteiger partial charge in [0.1, 0.15) is 11.6 Å². The first-order valence-electron chi connectivity index (χ1n) is 8.62. The molecule has 1 aromatic heterocycles. The van der Waals surface area contributed by atoms with E-state index in [4.69, 9.17) is 4.74 Å². The number of amides is 1. The van der Waals surface area contributed by atoms with Gasteiger partial charge in [0.2, 0.25) is 0 Å². The van der Waals surface area contributed by atoms with Crippen molar-refractivity contribution in [1.29, 1.82) is 0 Å². The second-order valence-electron chi connectivity index (χ2n) is 6.51. The molecule has 140 valence electrons. The first kappa shape index (κ1) is 18.6. The summed E-state index contributed by atoms with van der Waals surface area (Å²) in [6, 6.07) is 11.3. The number of ether oxygens (including phenoxy) is 1. The molecule has 0 radical (unpaired) electrons. The van der Waals surface area contributed by atoms with Gasteiger partial charge in [-0.2, -0.15) is 0 Å². The van der Waals surface area contributed by atoms with Gasteiger partial charge in [0.25, 0.3) is 5.91 Å². The Bertz CT molecular complexity index is 965. The minimum atomic E-state index is -0.360. The monoisotopic (exact) mass is 368 g/mol. The molecule has 0 saturated heterocycles. The van der Waals surface area contributed by atoms with Gasteiger partial charge in [-0.15, -0.1) is 5.10 Å². The summed E-state index contributed by atoms with van der Waals surface area (Å²) < 4.78 is 20.3. The summed E-state index contributed by atoms with van der Waals surface area (Å²) in [4.78, 5) is 12.6. The maximum Gasteiger partial charge on any atom is 0.278 e. The second kappa shape index (κ2) is 7.57. The molecule has 3 aromatic rings. The van der Waals surface area contributed by atoms with Crippen LogP contribution in [0.25, 0.3) is 5.69 Å². The van der Waals surface area contributed by atoms with E-state index in [2.05, 4.69) is 15.6 Å². The maximum atomic E-state index is 13.1. The van der Waals surface area contributed by atoms with Crippen LogP contribution in [0, 0.1) is 19.7 Å². The predicted octanol–water partition coefficient (Wildman–Crippen LogP) is 4.06. The van der Waals surface area contributed by atoms with E-state index in [1.165, 1.54) is 16.8 Å². The predicted molar refractivity (Wildman–Crippen MR) is 101 cm³/mol. The van der Waals surface area contributed by atoms with Gasteiger partial charge in [0, 0.05) is 5.69 Å². The Morgan fingerprint density at radius 1 is 1.15 bits per heavy atom. The van der Waals surface area contributed by atoms with Gasteiger partial charge in [-0.25, -0.2) is 9.07 Å². The number of carbonyl (C=O) groups excluding carboxylic acids is 1. The molecule has 0 fully saturated rings. The Kier molecular flexibility index (Phi) is 5.21. The lowest BCUT2D eigenvalue weighted by Gasteiger charge is -2.13.